The molecule has 2 rings (SSSR count). The summed E-state index contributed by atoms with van der Waals surface area (Å²) in [7, 11) is 0. The minimum absolute atomic E-state index is 0.217. The number of carbonyl (C=O) groups is 1. The van der Waals surface area contributed by atoms with E-state index in [4.69, 9.17) is 9.52 Å². The molecule has 1 aromatic rings. The summed E-state index contributed by atoms with van der Waals surface area (Å²) in [5, 5.41) is 12.3. The van der Waals surface area contributed by atoms with Crippen molar-refractivity contribution in [1.29, 1.82) is 0 Å². The summed E-state index contributed by atoms with van der Waals surface area (Å²) in [5.74, 6) is -0.253. The van der Waals surface area contributed by atoms with Crippen LogP contribution in [-0.2, 0) is 6.54 Å². The maximum atomic E-state index is 10.7. The highest BCUT2D eigenvalue weighted by Crippen LogP contribution is 2.35. The molecule has 4 nitrogen and oxygen atoms in total. The third-order valence-electron chi connectivity index (χ3n) is 3.93. The molecule has 0 saturated heterocycles. The molecule has 1 aliphatic rings. The molecule has 1 aliphatic carbocycles. The molecular formula is C14H21NO3. The predicted molar refractivity (Wildman–Crippen MR) is 68.5 cm³/mol. The van der Waals surface area contributed by atoms with Crippen molar-refractivity contribution in [1.82, 2.24) is 5.32 Å². The normalized spacial score (nSPS) is 22.9. The molecule has 4 heteroatoms. The van der Waals surface area contributed by atoms with Gasteiger partial charge in [0.2, 0.25) is 0 Å². The van der Waals surface area contributed by atoms with E-state index < -0.39 is 5.97 Å². The second kappa shape index (κ2) is 5.14. The Morgan fingerprint density at radius 2 is 2.33 bits per heavy atom. The molecule has 1 fully saturated rings. The van der Waals surface area contributed by atoms with Crippen molar-refractivity contribution >= 4 is 5.97 Å². The molecule has 1 saturated carbocycles. The van der Waals surface area contributed by atoms with Crippen LogP contribution < -0.4 is 5.32 Å². The summed E-state index contributed by atoms with van der Waals surface area (Å²) in [6.45, 7) is 5.17. The van der Waals surface area contributed by atoms with Crippen LogP contribution >= 0.6 is 0 Å². The minimum Gasteiger partial charge on any atom is -0.478 e. The van der Waals surface area contributed by atoms with E-state index in [2.05, 4.69) is 19.2 Å². The Balaban J connectivity index is 1.92. The fourth-order valence-electron chi connectivity index (χ4n) is 2.68. The van der Waals surface area contributed by atoms with Gasteiger partial charge >= 0.3 is 5.97 Å². The molecular weight excluding hydrogens is 230 g/mol. The molecule has 0 spiro atoms. The summed E-state index contributed by atoms with van der Waals surface area (Å²) in [6, 6.07) is 2.06. The van der Waals surface area contributed by atoms with Gasteiger partial charge in [-0.05, 0) is 24.3 Å². The van der Waals surface area contributed by atoms with E-state index in [1.165, 1.54) is 31.9 Å². The van der Waals surface area contributed by atoms with Gasteiger partial charge in [-0.1, -0.05) is 26.7 Å². The Bertz CT molecular complexity index is 422. The molecule has 1 unspecified atom stereocenters. The van der Waals surface area contributed by atoms with Gasteiger partial charge in [-0.2, -0.15) is 0 Å². The van der Waals surface area contributed by atoms with Gasteiger partial charge in [0.05, 0.1) is 12.1 Å². The number of rotatable bonds is 4. The Morgan fingerprint density at radius 1 is 1.56 bits per heavy atom. The molecule has 0 radical (unpaired) electrons. The smallest absolute Gasteiger partial charge is 0.338 e. The zero-order valence-electron chi connectivity index (χ0n) is 11.0. The Morgan fingerprint density at radius 3 is 2.94 bits per heavy atom. The quantitative estimate of drug-likeness (QED) is 0.863. The van der Waals surface area contributed by atoms with Crippen LogP contribution in [0.5, 0.6) is 0 Å². The van der Waals surface area contributed by atoms with E-state index in [0.29, 0.717) is 23.8 Å². The van der Waals surface area contributed by atoms with Crippen molar-refractivity contribution in [2.24, 2.45) is 5.41 Å². The summed E-state index contributed by atoms with van der Waals surface area (Å²) >= 11 is 0. The molecule has 18 heavy (non-hydrogen) atoms. The molecule has 1 heterocycles. The summed E-state index contributed by atoms with van der Waals surface area (Å²) in [5.41, 5.74) is 0.523. The van der Waals surface area contributed by atoms with Crippen molar-refractivity contribution in [3.8, 4) is 0 Å². The molecule has 0 aromatic carbocycles. The maximum absolute atomic E-state index is 10.7. The number of carboxylic acids is 1. The third kappa shape index (κ3) is 2.93. The highest BCUT2D eigenvalue weighted by atomic mass is 16.4. The van der Waals surface area contributed by atoms with Crippen LogP contribution in [0.25, 0.3) is 0 Å². The average Bonchev–Trinajstić information content (AvgIpc) is 2.76. The largest absolute Gasteiger partial charge is 0.478 e. The van der Waals surface area contributed by atoms with E-state index in [9.17, 15) is 4.79 Å². The van der Waals surface area contributed by atoms with Gasteiger partial charge in [0.15, 0.2) is 0 Å². The first kappa shape index (κ1) is 13.1. The average molecular weight is 251 g/mol. The Hall–Kier alpha value is -1.29. The second-order valence-electron chi connectivity index (χ2n) is 5.77. The lowest BCUT2D eigenvalue weighted by atomic mass is 9.73. The lowest BCUT2D eigenvalue weighted by Crippen LogP contribution is -2.43. The topological polar surface area (TPSA) is 62.5 Å². The number of furan rings is 1. The van der Waals surface area contributed by atoms with E-state index >= 15 is 0 Å². The van der Waals surface area contributed by atoms with Gasteiger partial charge in [-0.25, -0.2) is 4.79 Å². The van der Waals surface area contributed by atoms with Crippen LogP contribution in [0.4, 0.5) is 0 Å². The first-order valence-electron chi connectivity index (χ1n) is 6.53. The number of nitrogens with one attached hydrogen (secondary N) is 1. The van der Waals surface area contributed by atoms with E-state index in [0.717, 1.165) is 0 Å². The first-order valence-corrected chi connectivity index (χ1v) is 6.53. The van der Waals surface area contributed by atoms with Gasteiger partial charge in [0, 0.05) is 6.04 Å². The molecule has 1 atom stereocenters. The minimum atomic E-state index is -0.942. The van der Waals surface area contributed by atoms with Crippen molar-refractivity contribution < 1.29 is 14.3 Å². The summed E-state index contributed by atoms with van der Waals surface area (Å²) in [4.78, 5) is 10.7. The zero-order chi connectivity index (χ0) is 13.2. The van der Waals surface area contributed by atoms with Crippen LogP contribution in [0.1, 0.15) is 55.6 Å². The van der Waals surface area contributed by atoms with Crippen molar-refractivity contribution in [2.45, 2.75) is 52.1 Å². The maximum Gasteiger partial charge on any atom is 0.338 e. The lowest BCUT2D eigenvalue weighted by molar-refractivity contribution is 0.0696. The van der Waals surface area contributed by atoms with Gasteiger partial charge in [-0.15, -0.1) is 0 Å². The Kier molecular flexibility index (Phi) is 3.76. The van der Waals surface area contributed by atoms with Crippen LogP contribution in [0.3, 0.4) is 0 Å². The van der Waals surface area contributed by atoms with E-state index in [1.54, 1.807) is 6.07 Å². The van der Waals surface area contributed by atoms with Crippen molar-refractivity contribution in [2.75, 3.05) is 0 Å². The Labute approximate surface area is 107 Å². The lowest BCUT2D eigenvalue weighted by Gasteiger charge is -2.39. The molecule has 0 aliphatic heterocycles. The van der Waals surface area contributed by atoms with Gasteiger partial charge in [-0.3, -0.25) is 0 Å². The standard InChI is InChI=1S/C14H21NO3/c1-14(2)6-4-3-5-12(14)15-8-11-7-10(9-18-11)13(16)17/h7,9,12,15H,3-6,8H2,1-2H3,(H,16,17). The predicted octanol–water partition coefficient (Wildman–Crippen LogP) is 3.04. The molecule has 100 valence electrons. The number of hydrogen-bond donors (Lipinski definition) is 2. The summed E-state index contributed by atoms with van der Waals surface area (Å²) < 4.78 is 5.24. The second-order valence-corrected chi connectivity index (χ2v) is 5.77. The fourth-order valence-corrected chi connectivity index (χ4v) is 2.68. The number of aromatic carboxylic acids is 1. The van der Waals surface area contributed by atoms with Crippen LogP contribution in [0, 0.1) is 5.41 Å². The third-order valence-corrected chi connectivity index (χ3v) is 3.93. The van der Waals surface area contributed by atoms with E-state index in [-0.39, 0.29) is 5.56 Å². The van der Waals surface area contributed by atoms with E-state index in [1.807, 2.05) is 0 Å². The van der Waals surface area contributed by atoms with Gasteiger partial charge < -0.3 is 14.8 Å². The van der Waals surface area contributed by atoms with Gasteiger partial charge in [0.1, 0.15) is 12.0 Å². The first-order chi connectivity index (χ1) is 8.49. The molecule has 0 amide bonds. The van der Waals surface area contributed by atoms with Crippen LogP contribution in [0.15, 0.2) is 16.7 Å². The summed E-state index contributed by atoms with van der Waals surface area (Å²) in [6.07, 6.45) is 6.28. The highest BCUT2D eigenvalue weighted by Gasteiger charge is 2.31. The SMILES string of the molecule is CC1(C)CCCCC1NCc1cc(C(=O)O)co1. The molecule has 2 N–H and O–H groups in total. The van der Waals surface area contributed by atoms with Crippen molar-refractivity contribution in [3.05, 3.63) is 23.7 Å². The van der Waals surface area contributed by atoms with Crippen LogP contribution in [-0.4, -0.2) is 17.1 Å². The number of hydrogen-bond acceptors (Lipinski definition) is 3. The monoisotopic (exact) mass is 251 g/mol. The van der Waals surface area contributed by atoms with Crippen molar-refractivity contribution in [3.63, 3.8) is 0 Å². The fraction of sp³-hybridized carbons (Fsp3) is 0.643. The zero-order valence-corrected chi connectivity index (χ0v) is 11.0. The highest BCUT2D eigenvalue weighted by molar-refractivity contribution is 5.87. The molecule has 0 bridgehead atoms. The molecule has 1 aromatic heterocycles. The van der Waals surface area contributed by atoms with Crippen LogP contribution in [0.2, 0.25) is 0 Å². The van der Waals surface area contributed by atoms with Gasteiger partial charge in [0.25, 0.3) is 0 Å². The number of carboxylic acid groups (broad SMARTS) is 1.